The van der Waals surface area contributed by atoms with E-state index in [4.69, 9.17) is 0 Å². The number of benzene rings is 1. The van der Waals surface area contributed by atoms with E-state index in [-0.39, 0.29) is 11.3 Å². The summed E-state index contributed by atoms with van der Waals surface area (Å²) < 4.78 is 37.0. The summed E-state index contributed by atoms with van der Waals surface area (Å²) in [6.45, 7) is 1.15. The molecular weight excluding hydrogens is 223 g/mol. The van der Waals surface area contributed by atoms with Crippen molar-refractivity contribution >= 4 is 17.9 Å². The number of rotatable bonds is 2. The third-order valence-corrected chi connectivity index (χ3v) is 1.82. The first-order chi connectivity index (χ1) is 7.34. The van der Waals surface area contributed by atoms with Gasteiger partial charge in [-0.3, -0.25) is 9.59 Å². The molecule has 1 amide bonds. The van der Waals surface area contributed by atoms with Gasteiger partial charge in [0.2, 0.25) is 5.91 Å². The number of hydrogen-bond acceptors (Lipinski definition) is 2. The van der Waals surface area contributed by atoms with Gasteiger partial charge < -0.3 is 5.32 Å². The summed E-state index contributed by atoms with van der Waals surface area (Å²) in [4.78, 5) is 21.3. The number of anilines is 1. The fourth-order valence-electron chi connectivity index (χ4n) is 1.13. The van der Waals surface area contributed by atoms with Gasteiger partial charge in [0.25, 0.3) is 0 Å². The Hall–Kier alpha value is -1.85. The van der Waals surface area contributed by atoms with Crippen molar-refractivity contribution in [1.82, 2.24) is 0 Å². The van der Waals surface area contributed by atoms with Gasteiger partial charge in [0.05, 0.1) is 11.3 Å². The molecule has 86 valence electrons. The maximum Gasteiger partial charge on any atom is 0.416 e. The lowest BCUT2D eigenvalue weighted by molar-refractivity contribution is -0.137. The highest BCUT2D eigenvalue weighted by atomic mass is 19.4. The maximum atomic E-state index is 12.3. The van der Waals surface area contributed by atoms with Crippen molar-refractivity contribution in [3.8, 4) is 0 Å². The van der Waals surface area contributed by atoms with Crippen LogP contribution in [0.2, 0.25) is 0 Å². The Bertz CT molecular complexity index is 427. The molecule has 0 saturated carbocycles. The molecule has 0 spiro atoms. The second-order valence-electron chi connectivity index (χ2n) is 3.10. The quantitative estimate of drug-likeness (QED) is 0.795. The van der Waals surface area contributed by atoms with Crippen molar-refractivity contribution in [3.63, 3.8) is 0 Å². The van der Waals surface area contributed by atoms with Crippen LogP contribution < -0.4 is 5.32 Å². The molecule has 0 heterocycles. The molecule has 0 fully saturated rings. The van der Waals surface area contributed by atoms with E-state index < -0.39 is 17.6 Å². The third-order valence-electron chi connectivity index (χ3n) is 1.82. The predicted molar refractivity (Wildman–Crippen MR) is 51.1 cm³/mol. The average Bonchev–Trinajstić information content (AvgIpc) is 2.15. The first-order valence-electron chi connectivity index (χ1n) is 4.28. The minimum absolute atomic E-state index is 0.00296. The largest absolute Gasteiger partial charge is 0.416 e. The molecule has 0 radical (unpaired) electrons. The Morgan fingerprint density at radius 3 is 2.44 bits per heavy atom. The summed E-state index contributed by atoms with van der Waals surface area (Å²) in [6, 6.07) is 2.53. The highest BCUT2D eigenvalue weighted by molar-refractivity contribution is 5.95. The van der Waals surface area contributed by atoms with Crippen LogP contribution in [0.25, 0.3) is 0 Å². The van der Waals surface area contributed by atoms with Gasteiger partial charge in [-0.25, -0.2) is 0 Å². The molecule has 1 aromatic rings. The van der Waals surface area contributed by atoms with Crippen LogP contribution in [-0.2, 0) is 11.0 Å². The monoisotopic (exact) mass is 231 g/mol. The second kappa shape index (κ2) is 4.34. The molecule has 0 atom stereocenters. The van der Waals surface area contributed by atoms with Crippen LogP contribution in [0.15, 0.2) is 18.2 Å². The molecule has 0 saturated heterocycles. The Morgan fingerprint density at radius 2 is 2.00 bits per heavy atom. The van der Waals surface area contributed by atoms with Crippen molar-refractivity contribution in [2.45, 2.75) is 13.1 Å². The molecule has 0 aromatic heterocycles. The van der Waals surface area contributed by atoms with E-state index in [1.54, 1.807) is 0 Å². The van der Waals surface area contributed by atoms with Gasteiger partial charge in [-0.2, -0.15) is 13.2 Å². The van der Waals surface area contributed by atoms with Gasteiger partial charge in [-0.1, -0.05) is 0 Å². The summed E-state index contributed by atoms with van der Waals surface area (Å²) in [5, 5.41) is 2.17. The molecule has 1 N–H and O–H groups in total. The smallest absolute Gasteiger partial charge is 0.326 e. The van der Waals surface area contributed by atoms with Gasteiger partial charge in [0, 0.05) is 12.5 Å². The summed E-state index contributed by atoms with van der Waals surface area (Å²) in [5.74, 6) is -0.539. The third kappa shape index (κ3) is 2.82. The van der Waals surface area contributed by atoms with E-state index in [0.29, 0.717) is 6.29 Å². The molecule has 3 nitrogen and oxygen atoms in total. The number of alkyl halides is 3. The van der Waals surface area contributed by atoms with Crippen LogP contribution in [0, 0.1) is 0 Å². The summed E-state index contributed by atoms with van der Waals surface area (Å²) in [6.07, 6.45) is -4.12. The fraction of sp³-hybridized carbons (Fsp3) is 0.200. The topological polar surface area (TPSA) is 46.2 Å². The van der Waals surface area contributed by atoms with E-state index in [9.17, 15) is 22.8 Å². The molecule has 1 aromatic carbocycles. The van der Waals surface area contributed by atoms with Crippen molar-refractivity contribution in [3.05, 3.63) is 29.3 Å². The van der Waals surface area contributed by atoms with Crippen molar-refractivity contribution in [2.24, 2.45) is 0 Å². The van der Waals surface area contributed by atoms with Crippen LogP contribution in [0.4, 0.5) is 18.9 Å². The molecule has 0 unspecified atom stereocenters. The normalized spacial score (nSPS) is 11.0. The van der Waals surface area contributed by atoms with Gasteiger partial charge in [0.15, 0.2) is 6.29 Å². The maximum absolute atomic E-state index is 12.3. The van der Waals surface area contributed by atoms with E-state index >= 15 is 0 Å². The standard InChI is InChI=1S/C10H8F3NO2/c1-6(16)14-9-4-8(10(11,12)13)3-2-7(9)5-15/h2-5H,1H3,(H,14,16). The molecule has 1 rings (SSSR count). The predicted octanol–water partition coefficient (Wildman–Crippen LogP) is 2.48. The number of nitrogens with one attached hydrogen (secondary N) is 1. The van der Waals surface area contributed by atoms with Crippen LogP contribution in [0.3, 0.4) is 0 Å². The Kier molecular flexibility index (Phi) is 3.31. The number of hydrogen-bond donors (Lipinski definition) is 1. The van der Waals surface area contributed by atoms with Gasteiger partial charge in [0.1, 0.15) is 0 Å². The number of amides is 1. The zero-order valence-corrected chi connectivity index (χ0v) is 8.26. The van der Waals surface area contributed by atoms with E-state index in [1.165, 1.54) is 0 Å². The second-order valence-corrected chi connectivity index (χ2v) is 3.10. The first kappa shape index (κ1) is 12.2. The molecular formula is C10H8F3NO2. The Balaban J connectivity index is 3.21. The molecule has 0 bridgehead atoms. The number of aldehydes is 1. The highest BCUT2D eigenvalue weighted by Crippen LogP contribution is 2.31. The van der Waals surface area contributed by atoms with Crippen LogP contribution in [-0.4, -0.2) is 12.2 Å². The van der Waals surface area contributed by atoms with Crippen molar-refractivity contribution < 1.29 is 22.8 Å². The highest BCUT2D eigenvalue weighted by Gasteiger charge is 2.31. The van der Waals surface area contributed by atoms with E-state index in [2.05, 4.69) is 5.32 Å². The molecule has 0 aliphatic rings. The SMILES string of the molecule is CC(=O)Nc1cc(C(F)(F)F)ccc1C=O. The molecule has 0 aliphatic heterocycles. The van der Waals surface area contributed by atoms with Gasteiger partial charge in [-0.05, 0) is 18.2 Å². The fourth-order valence-corrected chi connectivity index (χ4v) is 1.13. The number of halogens is 3. The zero-order valence-electron chi connectivity index (χ0n) is 8.26. The lowest BCUT2D eigenvalue weighted by atomic mass is 10.1. The van der Waals surface area contributed by atoms with Crippen LogP contribution in [0.5, 0.6) is 0 Å². The summed E-state index contributed by atoms with van der Waals surface area (Å²) >= 11 is 0. The summed E-state index contributed by atoms with van der Waals surface area (Å²) in [7, 11) is 0. The average molecular weight is 231 g/mol. The Labute approximate surface area is 89.3 Å². The van der Waals surface area contributed by atoms with Crippen LogP contribution in [0.1, 0.15) is 22.8 Å². The Morgan fingerprint density at radius 1 is 1.38 bits per heavy atom. The molecule has 0 aliphatic carbocycles. The van der Waals surface area contributed by atoms with Crippen molar-refractivity contribution in [1.29, 1.82) is 0 Å². The van der Waals surface area contributed by atoms with Gasteiger partial charge in [-0.15, -0.1) is 0 Å². The molecule has 6 heteroatoms. The van der Waals surface area contributed by atoms with Crippen molar-refractivity contribution in [2.75, 3.05) is 5.32 Å². The van der Waals surface area contributed by atoms with Crippen LogP contribution >= 0.6 is 0 Å². The lowest BCUT2D eigenvalue weighted by Crippen LogP contribution is -2.11. The first-order valence-corrected chi connectivity index (χ1v) is 4.28. The number of carbonyl (C=O) groups is 2. The minimum atomic E-state index is -4.51. The van der Waals surface area contributed by atoms with E-state index in [0.717, 1.165) is 25.1 Å². The van der Waals surface area contributed by atoms with E-state index in [1.807, 2.05) is 0 Å². The summed E-state index contributed by atoms with van der Waals surface area (Å²) in [5.41, 5.74) is -1.05. The minimum Gasteiger partial charge on any atom is -0.326 e. The zero-order chi connectivity index (χ0) is 12.3. The lowest BCUT2D eigenvalue weighted by Gasteiger charge is -2.10. The van der Waals surface area contributed by atoms with Gasteiger partial charge >= 0.3 is 6.18 Å². The number of carbonyl (C=O) groups excluding carboxylic acids is 2. The molecule has 16 heavy (non-hydrogen) atoms.